The largest absolute Gasteiger partial charge is 0.480 e. The summed E-state index contributed by atoms with van der Waals surface area (Å²) in [5.74, 6) is -0.778. The molecule has 0 aliphatic carbocycles. The van der Waals surface area contributed by atoms with Gasteiger partial charge in [-0.15, -0.1) is 0 Å². The number of hydrogen-bond donors (Lipinski definition) is 4. The fourth-order valence-electron chi connectivity index (χ4n) is 1.79. The van der Waals surface area contributed by atoms with Crippen molar-refractivity contribution in [1.29, 1.82) is 0 Å². The van der Waals surface area contributed by atoms with Crippen molar-refractivity contribution in [3.63, 3.8) is 0 Å². The first-order valence-corrected chi connectivity index (χ1v) is 6.25. The van der Waals surface area contributed by atoms with Crippen LogP contribution in [0.3, 0.4) is 0 Å². The Morgan fingerprint density at radius 3 is 2.28 bits per heavy atom. The van der Waals surface area contributed by atoms with Crippen molar-refractivity contribution in [2.24, 2.45) is 17.6 Å². The third-order valence-corrected chi connectivity index (χ3v) is 3.04. The first kappa shape index (κ1) is 16.9. The predicted molar refractivity (Wildman–Crippen MR) is 67.9 cm³/mol. The molecule has 0 spiro atoms. The number of aliphatic hydroxyl groups excluding tert-OH is 1. The Kier molecular flexibility index (Phi) is 8.32. The molecular weight excluding hydrogens is 236 g/mol. The summed E-state index contributed by atoms with van der Waals surface area (Å²) >= 11 is 0. The maximum absolute atomic E-state index is 11.5. The Morgan fingerprint density at radius 2 is 1.89 bits per heavy atom. The van der Waals surface area contributed by atoms with Crippen LogP contribution < -0.4 is 11.1 Å². The van der Waals surface area contributed by atoms with E-state index in [9.17, 15) is 9.59 Å². The molecule has 0 fully saturated rings. The Morgan fingerprint density at radius 1 is 1.28 bits per heavy atom. The number of aliphatic hydroxyl groups is 1. The van der Waals surface area contributed by atoms with Crippen LogP contribution in [-0.2, 0) is 9.59 Å². The molecule has 0 heterocycles. The van der Waals surface area contributed by atoms with Crippen molar-refractivity contribution < 1.29 is 19.8 Å². The highest BCUT2D eigenvalue weighted by Gasteiger charge is 2.20. The first-order chi connectivity index (χ1) is 8.42. The fourth-order valence-corrected chi connectivity index (χ4v) is 1.79. The second-order valence-corrected chi connectivity index (χ2v) is 4.76. The molecule has 6 heteroatoms. The Balaban J connectivity index is 4.11. The zero-order valence-electron chi connectivity index (χ0n) is 11.1. The standard InChI is InChI=1S/C12H24N2O4/c1-8(2)9(5-6-13)3-4-11(16)14-10(7-15)12(17)18/h8-10,15H,3-7,13H2,1-2H3,(H,14,16)(H,17,18)/t9?,10-/m0/s1. The van der Waals surface area contributed by atoms with Crippen LogP contribution >= 0.6 is 0 Å². The normalized spacial score (nSPS) is 14.3. The number of rotatable bonds is 9. The summed E-state index contributed by atoms with van der Waals surface area (Å²) < 4.78 is 0. The maximum atomic E-state index is 11.5. The molecule has 0 bridgehead atoms. The summed E-state index contributed by atoms with van der Waals surface area (Å²) in [6.07, 6.45) is 1.79. The first-order valence-electron chi connectivity index (χ1n) is 6.25. The van der Waals surface area contributed by atoms with Gasteiger partial charge in [-0.1, -0.05) is 13.8 Å². The molecule has 0 aliphatic rings. The summed E-state index contributed by atoms with van der Waals surface area (Å²) in [6, 6.07) is -1.22. The molecule has 2 atom stereocenters. The minimum Gasteiger partial charge on any atom is -0.480 e. The van der Waals surface area contributed by atoms with E-state index in [0.29, 0.717) is 24.8 Å². The van der Waals surface area contributed by atoms with Crippen LogP contribution in [0, 0.1) is 11.8 Å². The lowest BCUT2D eigenvalue weighted by Gasteiger charge is -2.20. The Hall–Kier alpha value is -1.14. The van der Waals surface area contributed by atoms with Gasteiger partial charge in [-0.2, -0.15) is 0 Å². The van der Waals surface area contributed by atoms with Crippen molar-refractivity contribution in [3.05, 3.63) is 0 Å². The predicted octanol–water partition coefficient (Wildman–Crippen LogP) is -0.0507. The molecule has 5 N–H and O–H groups in total. The summed E-state index contributed by atoms with van der Waals surface area (Å²) in [7, 11) is 0. The molecule has 106 valence electrons. The molecule has 0 rings (SSSR count). The quantitative estimate of drug-likeness (QED) is 0.464. The zero-order chi connectivity index (χ0) is 14.1. The second-order valence-electron chi connectivity index (χ2n) is 4.76. The van der Waals surface area contributed by atoms with Gasteiger partial charge in [-0.3, -0.25) is 4.79 Å². The lowest BCUT2D eigenvalue weighted by Crippen LogP contribution is -2.43. The van der Waals surface area contributed by atoms with Crippen LogP contribution in [0.4, 0.5) is 0 Å². The van der Waals surface area contributed by atoms with E-state index in [2.05, 4.69) is 19.2 Å². The molecule has 0 aromatic heterocycles. The number of amides is 1. The average molecular weight is 260 g/mol. The molecule has 0 aromatic carbocycles. The second kappa shape index (κ2) is 8.88. The van der Waals surface area contributed by atoms with Gasteiger partial charge in [0.15, 0.2) is 0 Å². The number of hydrogen-bond acceptors (Lipinski definition) is 4. The average Bonchev–Trinajstić information content (AvgIpc) is 2.30. The molecule has 0 aromatic rings. The highest BCUT2D eigenvalue weighted by molar-refractivity contribution is 5.83. The van der Waals surface area contributed by atoms with E-state index in [1.54, 1.807) is 0 Å². The Labute approximate surface area is 108 Å². The lowest BCUT2D eigenvalue weighted by molar-refractivity contribution is -0.143. The molecule has 6 nitrogen and oxygen atoms in total. The van der Waals surface area contributed by atoms with Gasteiger partial charge in [0.05, 0.1) is 6.61 Å². The number of aliphatic carboxylic acids is 1. The van der Waals surface area contributed by atoms with Gasteiger partial charge in [0.25, 0.3) is 0 Å². The highest BCUT2D eigenvalue weighted by atomic mass is 16.4. The zero-order valence-corrected chi connectivity index (χ0v) is 11.1. The van der Waals surface area contributed by atoms with Crippen LogP contribution in [-0.4, -0.2) is 41.3 Å². The number of carboxylic acid groups (broad SMARTS) is 1. The van der Waals surface area contributed by atoms with E-state index in [4.69, 9.17) is 15.9 Å². The monoisotopic (exact) mass is 260 g/mol. The van der Waals surface area contributed by atoms with E-state index < -0.39 is 18.6 Å². The summed E-state index contributed by atoms with van der Waals surface area (Å²) in [4.78, 5) is 22.2. The molecule has 0 aliphatic heterocycles. The van der Waals surface area contributed by atoms with Crippen molar-refractivity contribution in [1.82, 2.24) is 5.32 Å². The number of nitrogens with two attached hydrogens (primary N) is 1. The van der Waals surface area contributed by atoms with E-state index in [1.807, 2.05) is 0 Å². The SMILES string of the molecule is CC(C)C(CCN)CCC(=O)N[C@@H](CO)C(=O)O. The van der Waals surface area contributed by atoms with E-state index >= 15 is 0 Å². The van der Waals surface area contributed by atoms with Crippen LogP contribution in [0.5, 0.6) is 0 Å². The Bertz CT molecular complexity index is 269. The van der Waals surface area contributed by atoms with Crippen LogP contribution in [0.1, 0.15) is 33.1 Å². The van der Waals surface area contributed by atoms with Gasteiger partial charge in [0, 0.05) is 6.42 Å². The minimum absolute atomic E-state index is 0.257. The van der Waals surface area contributed by atoms with Gasteiger partial charge in [0.1, 0.15) is 6.04 Å². The van der Waals surface area contributed by atoms with Crippen molar-refractivity contribution in [2.75, 3.05) is 13.2 Å². The van der Waals surface area contributed by atoms with Gasteiger partial charge in [0.2, 0.25) is 5.91 Å². The molecular formula is C12H24N2O4. The fraction of sp³-hybridized carbons (Fsp3) is 0.833. The smallest absolute Gasteiger partial charge is 0.328 e. The topological polar surface area (TPSA) is 113 Å². The number of carbonyl (C=O) groups is 2. The lowest BCUT2D eigenvalue weighted by atomic mass is 9.88. The van der Waals surface area contributed by atoms with Crippen LogP contribution in [0.15, 0.2) is 0 Å². The van der Waals surface area contributed by atoms with E-state index in [1.165, 1.54) is 0 Å². The number of carbonyl (C=O) groups excluding carboxylic acids is 1. The third kappa shape index (κ3) is 6.56. The number of carboxylic acids is 1. The molecule has 18 heavy (non-hydrogen) atoms. The van der Waals surface area contributed by atoms with Crippen molar-refractivity contribution in [3.8, 4) is 0 Å². The van der Waals surface area contributed by atoms with Gasteiger partial charge < -0.3 is 21.3 Å². The molecule has 0 saturated heterocycles. The molecule has 1 unspecified atom stereocenters. The van der Waals surface area contributed by atoms with Crippen LogP contribution in [0.25, 0.3) is 0 Å². The van der Waals surface area contributed by atoms with Gasteiger partial charge in [-0.25, -0.2) is 4.79 Å². The molecule has 0 saturated carbocycles. The highest BCUT2D eigenvalue weighted by Crippen LogP contribution is 2.20. The third-order valence-electron chi connectivity index (χ3n) is 3.04. The summed E-state index contributed by atoms with van der Waals surface area (Å²) in [5, 5.41) is 19.7. The van der Waals surface area contributed by atoms with Crippen molar-refractivity contribution in [2.45, 2.75) is 39.2 Å². The van der Waals surface area contributed by atoms with Crippen LogP contribution in [0.2, 0.25) is 0 Å². The van der Waals surface area contributed by atoms with Gasteiger partial charge >= 0.3 is 5.97 Å². The van der Waals surface area contributed by atoms with E-state index in [-0.39, 0.29) is 12.3 Å². The summed E-state index contributed by atoms with van der Waals surface area (Å²) in [5.41, 5.74) is 5.50. The van der Waals surface area contributed by atoms with E-state index in [0.717, 1.165) is 6.42 Å². The molecule has 1 amide bonds. The summed E-state index contributed by atoms with van der Waals surface area (Å²) in [6.45, 7) is 4.13. The molecule has 0 radical (unpaired) electrons. The number of nitrogens with one attached hydrogen (secondary N) is 1. The van der Waals surface area contributed by atoms with Gasteiger partial charge in [-0.05, 0) is 31.2 Å². The minimum atomic E-state index is -1.23. The van der Waals surface area contributed by atoms with Crippen molar-refractivity contribution >= 4 is 11.9 Å². The maximum Gasteiger partial charge on any atom is 0.328 e.